The molecule has 2 aromatic carbocycles. The van der Waals surface area contributed by atoms with Gasteiger partial charge in [-0.15, -0.1) is 0 Å². The van der Waals surface area contributed by atoms with Gasteiger partial charge in [0.15, 0.2) is 5.65 Å². The number of carbonyl (C=O) groups is 1. The number of aromatic nitrogens is 3. The summed E-state index contributed by atoms with van der Waals surface area (Å²) < 4.78 is 1.72. The highest BCUT2D eigenvalue weighted by molar-refractivity contribution is 6.09. The van der Waals surface area contributed by atoms with Crippen LogP contribution < -0.4 is 5.32 Å². The summed E-state index contributed by atoms with van der Waals surface area (Å²) in [5.41, 5.74) is 6.07. The number of fused-ring (bicyclic) bond motifs is 1. The number of nitrogens with one attached hydrogen (secondary N) is 1. The lowest BCUT2D eigenvalue weighted by molar-refractivity contribution is 0.102. The highest BCUT2D eigenvalue weighted by atomic mass is 16.1. The minimum absolute atomic E-state index is 0.197. The molecule has 5 heteroatoms. The molecular formula is C25H26N4O. The van der Waals surface area contributed by atoms with Crippen LogP contribution in [0.2, 0.25) is 0 Å². The Labute approximate surface area is 176 Å². The summed E-state index contributed by atoms with van der Waals surface area (Å²) in [6.45, 7) is 8.55. The second kappa shape index (κ2) is 8.11. The lowest BCUT2D eigenvalue weighted by atomic mass is 9.92. The molecule has 5 nitrogen and oxygen atoms in total. The minimum atomic E-state index is -0.197. The van der Waals surface area contributed by atoms with Gasteiger partial charge in [0.25, 0.3) is 5.91 Å². The SMILES string of the molecule is CC(C)c1cccc(C(C)C)c1NC(=O)c1cnn2c(-c3ccccc3)ccnc12. The molecule has 0 fully saturated rings. The van der Waals surface area contributed by atoms with E-state index in [1.54, 1.807) is 16.9 Å². The Morgan fingerprint density at radius 2 is 1.57 bits per heavy atom. The summed E-state index contributed by atoms with van der Waals surface area (Å²) in [4.78, 5) is 17.7. The van der Waals surface area contributed by atoms with E-state index in [-0.39, 0.29) is 5.91 Å². The van der Waals surface area contributed by atoms with Crippen LogP contribution in [-0.2, 0) is 0 Å². The molecule has 0 saturated heterocycles. The van der Waals surface area contributed by atoms with Crippen molar-refractivity contribution in [1.29, 1.82) is 0 Å². The summed E-state index contributed by atoms with van der Waals surface area (Å²) in [5.74, 6) is 0.397. The van der Waals surface area contributed by atoms with Crippen molar-refractivity contribution < 1.29 is 4.79 Å². The summed E-state index contributed by atoms with van der Waals surface area (Å²) in [6.07, 6.45) is 3.31. The van der Waals surface area contributed by atoms with E-state index in [1.807, 2.05) is 36.4 Å². The zero-order valence-electron chi connectivity index (χ0n) is 17.8. The van der Waals surface area contributed by atoms with Crippen molar-refractivity contribution in [2.45, 2.75) is 39.5 Å². The first-order chi connectivity index (χ1) is 14.5. The van der Waals surface area contributed by atoms with Gasteiger partial charge in [-0.3, -0.25) is 4.79 Å². The Balaban J connectivity index is 1.76. The molecule has 2 aromatic heterocycles. The lowest BCUT2D eigenvalue weighted by Crippen LogP contribution is -2.16. The van der Waals surface area contributed by atoms with Gasteiger partial charge >= 0.3 is 0 Å². The third kappa shape index (κ3) is 3.59. The van der Waals surface area contributed by atoms with Gasteiger partial charge in [-0.1, -0.05) is 76.2 Å². The van der Waals surface area contributed by atoms with Gasteiger partial charge < -0.3 is 5.32 Å². The van der Waals surface area contributed by atoms with Crippen LogP contribution in [0.5, 0.6) is 0 Å². The van der Waals surface area contributed by atoms with Gasteiger partial charge in [0.2, 0.25) is 0 Å². The molecule has 30 heavy (non-hydrogen) atoms. The van der Waals surface area contributed by atoms with Crippen molar-refractivity contribution >= 4 is 17.2 Å². The fourth-order valence-corrected chi connectivity index (χ4v) is 3.76. The zero-order chi connectivity index (χ0) is 21.3. The molecule has 0 unspecified atom stereocenters. The first-order valence-electron chi connectivity index (χ1n) is 10.3. The minimum Gasteiger partial charge on any atom is -0.321 e. The number of amides is 1. The number of hydrogen-bond donors (Lipinski definition) is 1. The van der Waals surface area contributed by atoms with E-state index in [0.717, 1.165) is 28.1 Å². The predicted molar refractivity (Wildman–Crippen MR) is 121 cm³/mol. The van der Waals surface area contributed by atoms with Crippen LogP contribution in [0.1, 0.15) is 61.0 Å². The molecule has 0 aliphatic rings. The fraction of sp³-hybridized carbons (Fsp3) is 0.240. The Morgan fingerprint density at radius 1 is 0.900 bits per heavy atom. The van der Waals surface area contributed by atoms with Gasteiger partial charge in [-0.05, 0) is 29.0 Å². The number of rotatable bonds is 5. The van der Waals surface area contributed by atoms with E-state index in [9.17, 15) is 4.79 Å². The van der Waals surface area contributed by atoms with Gasteiger partial charge in [0.05, 0.1) is 11.9 Å². The van der Waals surface area contributed by atoms with Gasteiger partial charge in [0, 0.05) is 17.4 Å². The molecule has 0 saturated carbocycles. The quantitative estimate of drug-likeness (QED) is 0.456. The van der Waals surface area contributed by atoms with Gasteiger partial charge in [-0.2, -0.15) is 5.10 Å². The number of carbonyl (C=O) groups excluding carboxylic acids is 1. The van der Waals surface area contributed by atoms with Crippen LogP contribution in [0.3, 0.4) is 0 Å². The number of nitrogens with zero attached hydrogens (tertiary/aromatic N) is 3. The van der Waals surface area contributed by atoms with Crippen molar-refractivity contribution in [3.8, 4) is 11.3 Å². The molecule has 1 N–H and O–H groups in total. The second-order valence-corrected chi connectivity index (χ2v) is 8.06. The van der Waals surface area contributed by atoms with Crippen LogP contribution in [0.4, 0.5) is 5.69 Å². The molecule has 0 aliphatic heterocycles. The molecular weight excluding hydrogens is 372 g/mol. The van der Waals surface area contributed by atoms with Crippen LogP contribution in [-0.4, -0.2) is 20.5 Å². The van der Waals surface area contributed by atoms with E-state index in [1.165, 1.54) is 0 Å². The van der Waals surface area contributed by atoms with E-state index in [0.29, 0.717) is 23.0 Å². The van der Waals surface area contributed by atoms with Crippen molar-refractivity contribution in [3.63, 3.8) is 0 Å². The molecule has 0 radical (unpaired) electrons. The number of anilines is 1. The average molecular weight is 399 g/mol. The van der Waals surface area contributed by atoms with Gasteiger partial charge in [-0.25, -0.2) is 9.50 Å². The van der Waals surface area contributed by atoms with E-state index < -0.39 is 0 Å². The lowest BCUT2D eigenvalue weighted by Gasteiger charge is -2.20. The van der Waals surface area contributed by atoms with E-state index in [2.05, 4.69) is 61.3 Å². The molecule has 0 atom stereocenters. The van der Waals surface area contributed by atoms with Crippen molar-refractivity contribution in [2.24, 2.45) is 0 Å². The first-order valence-corrected chi connectivity index (χ1v) is 10.3. The Hall–Kier alpha value is -3.47. The standard InChI is InChI=1S/C25H26N4O/c1-16(2)19-11-8-12-20(17(3)4)23(19)28-25(30)21-15-27-29-22(13-14-26-24(21)29)18-9-6-5-7-10-18/h5-17H,1-4H3,(H,28,30). The topological polar surface area (TPSA) is 59.3 Å². The number of benzene rings is 2. The van der Waals surface area contributed by atoms with Crippen LogP contribution >= 0.6 is 0 Å². The third-order valence-electron chi connectivity index (χ3n) is 5.33. The summed E-state index contributed by atoms with van der Waals surface area (Å²) in [5, 5.41) is 7.63. The zero-order valence-corrected chi connectivity index (χ0v) is 17.8. The molecule has 2 heterocycles. The highest BCUT2D eigenvalue weighted by Crippen LogP contribution is 2.33. The molecule has 0 spiro atoms. The van der Waals surface area contributed by atoms with Crippen LogP contribution in [0.25, 0.3) is 16.9 Å². The maximum Gasteiger partial charge on any atom is 0.261 e. The second-order valence-electron chi connectivity index (χ2n) is 8.06. The Morgan fingerprint density at radius 3 is 2.20 bits per heavy atom. The Bertz CT molecular complexity index is 1170. The fourth-order valence-electron chi connectivity index (χ4n) is 3.76. The average Bonchev–Trinajstić information content (AvgIpc) is 3.18. The third-order valence-corrected chi connectivity index (χ3v) is 5.33. The van der Waals surface area contributed by atoms with Crippen LogP contribution in [0.15, 0.2) is 67.0 Å². The molecule has 0 aliphatic carbocycles. The Kier molecular flexibility index (Phi) is 5.36. The monoisotopic (exact) mass is 398 g/mol. The maximum absolute atomic E-state index is 13.3. The first kappa shape index (κ1) is 19.8. The molecule has 4 rings (SSSR count). The number of hydrogen-bond acceptors (Lipinski definition) is 3. The largest absolute Gasteiger partial charge is 0.321 e. The predicted octanol–water partition coefficient (Wildman–Crippen LogP) is 5.90. The van der Waals surface area contributed by atoms with Gasteiger partial charge in [0.1, 0.15) is 5.56 Å². The molecule has 152 valence electrons. The van der Waals surface area contributed by atoms with E-state index in [4.69, 9.17) is 0 Å². The molecule has 0 bridgehead atoms. The van der Waals surface area contributed by atoms with Crippen LogP contribution in [0, 0.1) is 0 Å². The highest BCUT2D eigenvalue weighted by Gasteiger charge is 2.20. The van der Waals surface area contributed by atoms with E-state index >= 15 is 0 Å². The normalized spacial score (nSPS) is 11.4. The summed E-state index contributed by atoms with van der Waals surface area (Å²) in [6, 6.07) is 18.1. The summed E-state index contributed by atoms with van der Waals surface area (Å²) in [7, 11) is 0. The van der Waals surface area contributed by atoms with Crippen molar-refractivity contribution in [2.75, 3.05) is 5.32 Å². The maximum atomic E-state index is 13.3. The summed E-state index contributed by atoms with van der Waals surface area (Å²) >= 11 is 0. The molecule has 1 amide bonds. The van der Waals surface area contributed by atoms with Crippen molar-refractivity contribution in [3.05, 3.63) is 83.7 Å². The smallest absolute Gasteiger partial charge is 0.261 e. The number of para-hydroxylation sites is 1. The van der Waals surface area contributed by atoms with Crippen molar-refractivity contribution in [1.82, 2.24) is 14.6 Å². The molecule has 4 aromatic rings.